The van der Waals surface area contributed by atoms with Crippen LogP contribution in [0.15, 0.2) is 33.9 Å². The van der Waals surface area contributed by atoms with Gasteiger partial charge in [0.15, 0.2) is 11.2 Å². The van der Waals surface area contributed by atoms with E-state index in [2.05, 4.69) is 16.0 Å². The molecule has 0 unspecified atom stereocenters. The fraction of sp³-hybridized carbons (Fsp3) is 0.200. The smallest absolute Gasteiger partial charge is 0.301 e. The van der Waals surface area contributed by atoms with Crippen molar-refractivity contribution in [2.75, 3.05) is 0 Å². The number of H-pyrrole nitrogens is 1. The quantitative estimate of drug-likeness (QED) is 0.721. The molecule has 0 aliphatic heterocycles. The lowest BCUT2D eigenvalue weighted by molar-refractivity contribution is 0.654. The molecule has 0 fully saturated rings. The van der Waals surface area contributed by atoms with Crippen LogP contribution in [-0.2, 0) is 7.05 Å². The van der Waals surface area contributed by atoms with Crippen molar-refractivity contribution in [3.8, 4) is 6.07 Å². The van der Waals surface area contributed by atoms with Crippen molar-refractivity contribution in [3.63, 3.8) is 0 Å². The molecule has 0 aliphatic carbocycles. The number of aryl methyl sites for hydroxylation is 1. The van der Waals surface area contributed by atoms with Crippen LogP contribution in [0.4, 0.5) is 0 Å². The summed E-state index contributed by atoms with van der Waals surface area (Å²) in [5.41, 5.74) is 0.462. The molecule has 0 bridgehead atoms. The minimum absolute atomic E-state index is 0.0759. The van der Waals surface area contributed by atoms with E-state index in [1.54, 1.807) is 24.3 Å². The second-order valence-corrected chi connectivity index (χ2v) is 5.45. The molecule has 0 saturated heterocycles. The monoisotopic (exact) mass is 329 g/mol. The molecule has 0 radical (unpaired) electrons. The molecular weight excluding hydrogens is 318 g/mol. The minimum Gasteiger partial charge on any atom is -0.301 e. The molecular formula is C15H12ClN5O2. The van der Waals surface area contributed by atoms with Gasteiger partial charge in [-0.1, -0.05) is 18.2 Å². The number of imidazole rings is 1. The third kappa shape index (κ3) is 2.24. The third-order valence-electron chi connectivity index (χ3n) is 3.83. The molecule has 1 N–H and O–H groups in total. The summed E-state index contributed by atoms with van der Waals surface area (Å²) in [4.78, 5) is 30.3. The molecule has 2 heterocycles. The second-order valence-electron chi connectivity index (χ2n) is 5.12. The lowest BCUT2D eigenvalue weighted by Crippen LogP contribution is -2.29. The van der Waals surface area contributed by atoms with Crippen LogP contribution in [0.1, 0.15) is 24.1 Å². The highest BCUT2D eigenvalue weighted by atomic mass is 35.5. The highest BCUT2D eigenvalue weighted by Gasteiger charge is 2.22. The van der Waals surface area contributed by atoms with Crippen LogP contribution in [0.25, 0.3) is 11.2 Å². The normalized spacial score (nSPS) is 12.3. The molecule has 0 amide bonds. The Labute approximate surface area is 135 Å². The Morgan fingerprint density at radius 3 is 2.74 bits per heavy atom. The predicted molar refractivity (Wildman–Crippen MR) is 85.6 cm³/mol. The summed E-state index contributed by atoms with van der Waals surface area (Å²) in [6, 6.07) is 8.78. The van der Waals surface area contributed by atoms with E-state index in [0.29, 0.717) is 11.1 Å². The second kappa shape index (κ2) is 5.41. The van der Waals surface area contributed by atoms with E-state index in [-0.39, 0.29) is 16.4 Å². The van der Waals surface area contributed by atoms with E-state index in [1.807, 2.05) is 6.92 Å². The maximum atomic E-state index is 12.2. The molecule has 0 saturated carbocycles. The van der Waals surface area contributed by atoms with Crippen LogP contribution in [-0.4, -0.2) is 19.1 Å². The van der Waals surface area contributed by atoms with Crippen molar-refractivity contribution in [3.05, 3.63) is 61.5 Å². The first kappa shape index (κ1) is 15.1. The van der Waals surface area contributed by atoms with E-state index in [9.17, 15) is 14.9 Å². The van der Waals surface area contributed by atoms with Crippen molar-refractivity contribution >= 4 is 22.8 Å². The summed E-state index contributed by atoms with van der Waals surface area (Å²) in [6.45, 7) is 1.81. The van der Waals surface area contributed by atoms with Gasteiger partial charge in [0.2, 0.25) is 5.28 Å². The number of rotatable bonds is 2. The first-order chi connectivity index (χ1) is 11.0. The van der Waals surface area contributed by atoms with Crippen LogP contribution >= 0.6 is 11.6 Å². The van der Waals surface area contributed by atoms with Gasteiger partial charge in [-0.3, -0.25) is 14.3 Å². The average molecular weight is 330 g/mol. The summed E-state index contributed by atoms with van der Waals surface area (Å²) < 4.78 is 2.74. The van der Waals surface area contributed by atoms with Gasteiger partial charge in [0.1, 0.15) is 0 Å². The highest BCUT2D eigenvalue weighted by molar-refractivity contribution is 6.29. The van der Waals surface area contributed by atoms with Gasteiger partial charge in [-0.05, 0) is 30.2 Å². The number of benzene rings is 1. The largest absolute Gasteiger partial charge is 0.329 e. The number of hydrogen-bond donors (Lipinski definition) is 1. The molecule has 3 aromatic rings. The standard InChI is InChI=1S/C15H12ClN5O2/c1-8(10-6-4-3-5-9(10)7-17)21-11-12(18-14(21)16)20(2)15(23)19-13(11)22/h3-6,8H,1-2H3,(H,19,22,23)/t8-/m0/s1. The summed E-state index contributed by atoms with van der Waals surface area (Å²) >= 11 is 6.21. The molecule has 1 atom stereocenters. The number of aromatic amines is 1. The lowest BCUT2D eigenvalue weighted by Gasteiger charge is -2.16. The molecule has 0 spiro atoms. The predicted octanol–water partition coefficient (Wildman–Crippen LogP) is 1.56. The number of halogens is 1. The summed E-state index contributed by atoms with van der Waals surface area (Å²) in [5, 5.41) is 9.34. The minimum atomic E-state index is -0.566. The van der Waals surface area contributed by atoms with E-state index < -0.39 is 17.3 Å². The lowest BCUT2D eigenvalue weighted by atomic mass is 10.0. The van der Waals surface area contributed by atoms with Crippen molar-refractivity contribution in [2.45, 2.75) is 13.0 Å². The fourth-order valence-corrected chi connectivity index (χ4v) is 2.94. The Kier molecular flexibility index (Phi) is 3.54. The Balaban J connectivity index is 2.35. The van der Waals surface area contributed by atoms with Gasteiger partial charge >= 0.3 is 5.69 Å². The summed E-state index contributed by atoms with van der Waals surface area (Å²) in [5.74, 6) is 0. The zero-order valence-corrected chi connectivity index (χ0v) is 13.1. The molecule has 23 heavy (non-hydrogen) atoms. The number of fused-ring (bicyclic) bond motifs is 1. The van der Waals surface area contributed by atoms with Gasteiger partial charge in [-0.15, -0.1) is 0 Å². The Hall–Kier alpha value is -2.85. The Morgan fingerprint density at radius 1 is 1.35 bits per heavy atom. The molecule has 116 valence electrons. The van der Waals surface area contributed by atoms with E-state index in [0.717, 1.165) is 0 Å². The third-order valence-corrected chi connectivity index (χ3v) is 4.09. The van der Waals surface area contributed by atoms with Crippen LogP contribution in [0.3, 0.4) is 0 Å². The highest BCUT2D eigenvalue weighted by Crippen LogP contribution is 2.27. The topological polar surface area (TPSA) is 96.5 Å². The summed E-state index contributed by atoms with van der Waals surface area (Å²) in [7, 11) is 1.50. The van der Waals surface area contributed by atoms with Crippen LogP contribution in [0, 0.1) is 11.3 Å². The fourth-order valence-electron chi connectivity index (χ4n) is 2.63. The Bertz CT molecular complexity index is 1070. The van der Waals surface area contributed by atoms with Crippen LogP contribution in [0.2, 0.25) is 5.28 Å². The number of nitrogens with one attached hydrogen (secondary N) is 1. The zero-order valence-electron chi connectivity index (χ0n) is 12.4. The van der Waals surface area contributed by atoms with Gasteiger partial charge in [-0.2, -0.15) is 10.2 Å². The molecule has 3 rings (SSSR count). The van der Waals surface area contributed by atoms with Gasteiger partial charge in [0, 0.05) is 7.05 Å². The van der Waals surface area contributed by atoms with Gasteiger partial charge in [0.05, 0.1) is 17.7 Å². The zero-order chi connectivity index (χ0) is 16.7. The van der Waals surface area contributed by atoms with Crippen molar-refractivity contribution in [1.82, 2.24) is 19.1 Å². The van der Waals surface area contributed by atoms with E-state index in [4.69, 9.17) is 11.6 Å². The molecule has 1 aromatic carbocycles. The van der Waals surface area contributed by atoms with Gasteiger partial charge in [-0.25, -0.2) is 4.79 Å². The van der Waals surface area contributed by atoms with Crippen molar-refractivity contribution in [2.24, 2.45) is 7.05 Å². The van der Waals surface area contributed by atoms with Crippen LogP contribution in [0.5, 0.6) is 0 Å². The molecule has 8 heteroatoms. The number of nitriles is 1. The SMILES string of the molecule is C[C@@H](c1ccccc1C#N)n1c(Cl)nc2c1c(=O)[nH]c(=O)n2C. The number of nitrogens with zero attached hydrogens (tertiary/aromatic N) is 4. The summed E-state index contributed by atoms with van der Waals surface area (Å²) in [6.07, 6.45) is 0. The maximum Gasteiger partial charge on any atom is 0.329 e. The van der Waals surface area contributed by atoms with Crippen LogP contribution < -0.4 is 11.2 Å². The van der Waals surface area contributed by atoms with Gasteiger partial charge in [0.25, 0.3) is 5.56 Å². The average Bonchev–Trinajstić information content (AvgIpc) is 2.90. The molecule has 0 aliphatic rings. The first-order valence-corrected chi connectivity index (χ1v) is 7.19. The maximum absolute atomic E-state index is 12.2. The van der Waals surface area contributed by atoms with Gasteiger partial charge < -0.3 is 4.57 Å². The first-order valence-electron chi connectivity index (χ1n) is 6.81. The number of hydrogen-bond acceptors (Lipinski definition) is 4. The molecule has 2 aromatic heterocycles. The van der Waals surface area contributed by atoms with E-state index >= 15 is 0 Å². The van der Waals surface area contributed by atoms with Crippen molar-refractivity contribution in [1.29, 1.82) is 5.26 Å². The molecule has 7 nitrogen and oxygen atoms in total. The van der Waals surface area contributed by atoms with E-state index in [1.165, 1.54) is 16.2 Å². The van der Waals surface area contributed by atoms with Crippen molar-refractivity contribution < 1.29 is 0 Å². The Morgan fingerprint density at radius 2 is 2.04 bits per heavy atom. The number of aromatic nitrogens is 4.